The van der Waals surface area contributed by atoms with Crippen molar-refractivity contribution in [2.75, 3.05) is 19.4 Å². The molecule has 1 aliphatic carbocycles. The van der Waals surface area contributed by atoms with Crippen molar-refractivity contribution >= 4 is 22.4 Å². The summed E-state index contributed by atoms with van der Waals surface area (Å²) < 4.78 is 0. The van der Waals surface area contributed by atoms with Crippen molar-refractivity contribution in [1.29, 1.82) is 0 Å². The standard InChI is InChI=1S/C25H30N4O/c1-17(30)21-16-27-22-9-8-19(18-10-13-26-14-11-18)15-20(22)24(21)28-25(2)12-6-5-7-23(25)29(3)4/h8-11,13-16,23H,5-7,12H2,1-4H3,(H,27,28). The number of carbonyl (C=O) groups is 1. The van der Waals surface area contributed by atoms with Gasteiger partial charge < -0.3 is 10.2 Å². The number of pyridine rings is 2. The maximum Gasteiger partial charge on any atom is 0.163 e. The van der Waals surface area contributed by atoms with E-state index in [2.05, 4.69) is 53.3 Å². The lowest BCUT2D eigenvalue weighted by molar-refractivity contribution is 0.101. The molecule has 0 spiro atoms. The Labute approximate surface area is 178 Å². The van der Waals surface area contributed by atoms with Crippen LogP contribution in [0.4, 0.5) is 5.69 Å². The van der Waals surface area contributed by atoms with E-state index in [-0.39, 0.29) is 11.3 Å². The number of hydrogen-bond donors (Lipinski definition) is 1. The topological polar surface area (TPSA) is 58.1 Å². The molecule has 2 atom stereocenters. The van der Waals surface area contributed by atoms with Crippen molar-refractivity contribution in [2.24, 2.45) is 0 Å². The molecule has 1 aromatic carbocycles. The van der Waals surface area contributed by atoms with Crippen LogP contribution in [0.1, 0.15) is 49.9 Å². The van der Waals surface area contributed by atoms with Crippen molar-refractivity contribution in [2.45, 2.75) is 51.1 Å². The van der Waals surface area contributed by atoms with Crippen LogP contribution in [0.25, 0.3) is 22.0 Å². The van der Waals surface area contributed by atoms with E-state index in [0.717, 1.165) is 40.6 Å². The number of benzene rings is 1. The molecule has 5 heteroatoms. The highest BCUT2D eigenvalue weighted by Crippen LogP contribution is 2.38. The maximum atomic E-state index is 12.5. The molecule has 30 heavy (non-hydrogen) atoms. The molecule has 0 aliphatic heterocycles. The van der Waals surface area contributed by atoms with Gasteiger partial charge >= 0.3 is 0 Å². The molecule has 2 unspecified atom stereocenters. The molecule has 0 amide bonds. The van der Waals surface area contributed by atoms with Crippen LogP contribution >= 0.6 is 0 Å². The van der Waals surface area contributed by atoms with E-state index in [9.17, 15) is 4.79 Å². The fourth-order valence-electron chi connectivity index (χ4n) is 4.89. The van der Waals surface area contributed by atoms with Gasteiger partial charge in [-0.05, 0) is 76.2 Å². The number of likely N-dealkylation sites (N-methyl/N-ethyl adjacent to an activating group) is 1. The number of Topliss-reactive ketones (excluding diaryl/α,β-unsaturated/α-hetero) is 1. The number of hydrogen-bond acceptors (Lipinski definition) is 5. The Morgan fingerprint density at radius 2 is 1.90 bits per heavy atom. The van der Waals surface area contributed by atoms with Gasteiger partial charge in [-0.3, -0.25) is 14.8 Å². The van der Waals surface area contributed by atoms with Gasteiger partial charge in [-0.15, -0.1) is 0 Å². The fraction of sp³-hybridized carbons (Fsp3) is 0.400. The lowest BCUT2D eigenvalue weighted by Crippen LogP contribution is -2.55. The van der Waals surface area contributed by atoms with Crippen LogP contribution in [0.15, 0.2) is 48.9 Å². The first kappa shape index (κ1) is 20.5. The maximum absolute atomic E-state index is 12.5. The molecular formula is C25H30N4O. The fourth-order valence-corrected chi connectivity index (χ4v) is 4.89. The van der Waals surface area contributed by atoms with Crippen molar-refractivity contribution in [3.63, 3.8) is 0 Å². The molecule has 1 fully saturated rings. The number of fused-ring (bicyclic) bond motifs is 1. The molecule has 156 valence electrons. The summed E-state index contributed by atoms with van der Waals surface area (Å²) in [4.78, 5) is 23.5. The Balaban J connectivity index is 1.87. The molecule has 1 aliphatic rings. The Morgan fingerprint density at radius 1 is 1.13 bits per heavy atom. The van der Waals surface area contributed by atoms with Crippen molar-refractivity contribution in [1.82, 2.24) is 14.9 Å². The summed E-state index contributed by atoms with van der Waals surface area (Å²) in [5.74, 6) is 0.0297. The summed E-state index contributed by atoms with van der Waals surface area (Å²) in [6.45, 7) is 3.91. The number of carbonyl (C=O) groups excluding carboxylic acids is 1. The molecule has 0 radical (unpaired) electrons. The third kappa shape index (κ3) is 3.82. The molecule has 2 heterocycles. The average Bonchev–Trinajstić information content (AvgIpc) is 2.74. The number of aromatic nitrogens is 2. The van der Waals surface area contributed by atoms with Crippen molar-refractivity contribution in [3.8, 4) is 11.1 Å². The molecule has 3 aromatic rings. The van der Waals surface area contributed by atoms with Gasteiger partial charge in [-0.25, -0.2) is 0 Å². The van der Waals surface area contributed by atoms with Gasteiger partial charge in [0.05, 0.1) is 22.3 Å². The monoisotopic (exact) mass is 402 g/mol. The van der Waals surface area contributed by atoms with Crippen LogP contribution in [0.3, 0.4) is 0 Å². The Hall–Kier alpha value is -2.79. The van der Waals surface area contributed by atoms with Crippen molar-refractivity contribution in [3.05, 3.63) is 54.5 Å². The quantitative estimate of drug-likeness (QED) is 0.596. The SMILES string of the molecule is CC(=O)c1cnc2ccc(-c3ccncc3)cc2c1NC1(C)CCCCC1N(C)C. The summed E-state index contributed by atoms with van der Waals surface area (Å²) in [5, 5.41) is 4.83. The average molecular weight is 403 g/mol. The van der Waals surface area contributed by atoms with E-state index >= 15 is 0 Å². The highest BCUT2D eigenvalue weighted by atomic mass is 16.1. The van der Waals surface area contributed by atoms with E-state index < -0.39 is 0 Å². The third-order valence-electron chi connectivity index (χ3n) is 6.45. The summed E-state index contributed by atoms with van der Waals surface area (Å²) >= 11 is 0. The highest BCUT2D eigenvalue weighted by molar-refractivity contribution is 6.08. The Morgan fingerprint density at radius 3 is 2.60 bits per heavy atom. The van der Waals surface area contributed by atoms with Gasteiger partial charge in [-0.2, -0.15) is 0 Å². The van der Waals surface area contributed by atoms with Gasteiger partial charge in [0.1, 0.15) is 0 Å². The van der Waals surface area contributed by atoms with E-state index in [1.807, 2.05) is 18.2 Å². The van der Waals surface area contributed by atoms with Crippen LogP contribution in [-0.4, -0.2) is 46.3 Å². The van der Waals surface area contributed by atoms with E-state index in [1.54, 1.807) is 25.5 Å². The van der Waals surface area contributed by atoms with Crippen LogP contribution in [-0.2, 0) is 0 Å². The van der Waals surface area contributed by atoms with E-state index in [0.29, 0.717) is 11.6 Å². The molecule has 0 bridgehead atoms. The molecular weight excluding hydrogens is 372 g/mol. The van der Waals surface area contributed by atoms with Gasteiger partial charge in [0, 0.05) is 30.0 Å². The van der Waals surface area contributed by atoms with Crippen LogP contribution in [0.5, 0.6) is 0 Å². The molecule has 1 N–H and O–H groups in total. The zero-order chi connectivity index (χ0) is 21.3. The number of nitrogens with one attached hydrogen (secondary N) is 1. The second kappa shape index (κ2) is 8.15. The zero-order valence-corrected chi connectivity index (χ0v) is 18.3. The molecule has 5 nitrogen and oxygen atoms in total. The molecule has 4 rings (SSSR count). The first-order valence-corrected chi connectivity index (χ1v) is 10.7. The third-order valence-corrected chi connectivity index (χ3v) is 6.45. The predicted molar refractivity (Wildman–Crippen MR) is 123 cm³/mol. The first-order valence-electron chi connectivity index (χ1n) is 10.7. The normalized spacial score (nSPS) is 21.7. The van der Waals surface area contributed by atoms with Crippen LogP contribution < -0.4 is 5.32 Å². The smallest absolute Gasteiger partial charge is 0.163 e. The minimum atomic E-state index is -0.118. The molecule has 1 saturated carbocycles. The Kier molecular flexibility index (Phi) is 5.56. The Bertz CT molecular complexity index is 1060. The lowest BCUT2D eigenvalue weighted by Gasteiger charge is -2.46. The second-order valence-corrected chi connectivity index (χ2v) is 8.84. The van der Waals surface area contributed by atoms with Gasteiger partial charge in [0.2, 0.25) is 0 Å². The van der Waals surface area contributed by atoms with Crippen LogP contribution in [0, 0.1) is 0 Å². The number of ketones is 1. The van der Waals surface area contributed by atoms with Crippen molar-refractivity contribution < 1.29 is 4.79 Å². The zero-order valence-electron chi connectivity index (χ0n) is 18.3. The lowest BCUT2D eigenvalue weighted by atomic mass is 9.77. The molecule has 0 saturated heterocycles. The second-order valence-electron chi connectivity index (χ2n) is 8.84. The van der Waals surface area contributed by atoms with Gasteiger partial charge in [0.25, 0.3) is 0 Å². The first-order chi connectivity index (χ1) is 14.4. The minimum Gasteiger partial charge on any atom is -0.377 e. The van der Waals surface area contributed by atoms with Gasteiger partial charge in [-0.1, -0.05) is 18.9 Å². The summed E-state index contributed by atoms with van der Waals surface area (Å²) in [7, 11) is 4.29. The van der Waals surface area contributed by atoms with E-state index in [4.69, 9.17) is 0 Å². The summed E-state index contributed by atoms with van der Waals surface area (Å²) in [6, 6.07) is 10.7. The summed E-state index contributed by atoms with van der Waals surface area (Å²) in [6.07, 6.45) is 9.97. The highest BCUT2D eigenvalue weighted by Gasteiger charge is 2.38. The summed E-state index contributed by atoms with van der Waals surface area (Å²) in [5.41, 5.74) is 4.52. The minimum absolute atomic E-state index is 0.0297. The number of nitrogens with zero attached hydrogens (tertiary/aromatic N) is 3. The molecule has 2 aromatic heterocycles. The van der Waals surface area contributed by atoms with Crippen LogP contribution in [0.2, 0.25) is 0 Å². The van der Waals surface area contributed by atoms with E-state index in [1.165, 1.54) is 12.8 Å². The number of rotatable bonds is 5. The largest absolute Gasteiger partial charge is 0.377 e. The predicted octanol–water partition coefficient (Wildman–Crippen LogP) is 5.17. The van der Waals surface area contributed by atoms with Gasteiger partial charge in [0.15, 0.2) is 5.78 Å². The number of anilines is 1.